The summed E-state index contributed by atoms with van der Waals surface area (Å²) in [6, 6.07) is 6.78. The van der Waals surface area contributed by atoms with E-state index in [9.17, 15) is 9.18 Å². The third-order valence-electron chi connectivity index (χ3n) is 6.47. The molecule has 6 N–H and O–H groups in total. The molecule has 0 spiro atoms. The van der Waals surface area contributed by atoms with E-state index in [0.29, 0.717) is 18.8 Å². The number of nitrogens with zero attached hydrogens (tertiary/aromatic N) is 3. The van der Waals surface area contributed by atoms with Gasteiger partial charge in [-0.15, -0.1) is 0 Å². The van der Waals surface area contributed by atoms with Gasteiger partial charge in [-0.25, -0.2) is 9.37 Å². The van der Waals surface area contributed by atoms with Crippen LogP contribution in [0.1, 0.15) is 55.1 Å². The molecule has 188 valence electrons. The monoisotopic (exact) mass is 483 g/mol. The SMILES string of the molecule is CCCc1nn(CCOC)c2ccc(Nc3nc(N[C@@H]4CCCC[C@@H]4N)c(F)cc3C(N)=O)cc12. The van der Waals surface area contributed by atoms with Gasteiger partial charge in [0.25, 0.3) is 5.91 Å². The molecule has 0 aliphatic heterocycles. The summed E-state index contributed by atoms with van der Waals surface area (Å²) in [6.45, 7) is 3.31. The number of methoxy groups -OCH3 is 1. The van der Waals surface area contributed by atoms with Crippen molar-refractivity contribution in [2.24, 2.45) is 11.5 Å². The number of aryl methyl sites for hydroxylation is 1. The topological polar surface area (TPSA) is 133 Å². The van der Waals surface area contributed by atoms with E-state index in [1.54, 1.807) is 7.11 Å². The van der Waals surface area contributed by atoms with E-state index < -0.39 is 11.7 Å². The third kappa shape index (κ3) is 5.54. The Morgan fingerprint density at radius 1 is 1.26 bits per heavy atom. The second kappa shape index (κ2) is 11.0. The highest BCUT2D eigenvalue weighted by molar-refractivity contribution is 5.99. The highest BCUT2D eigenvalue weighted by atomic mass is 19.1. The van der Waals surface area contributed by atoms with Gasteiger partial charge in [-0.3, -0.25) is 9.48 Å². The number of nitrogens with two attached hydrogens (primary N) is 2. The highest BCUT2D eigenvalue weighted by Crippen LogP contribution is 2.29. The number of aromatic nitrogens is 3. The molecule has 4 rings (SSSR count). The molecule has 0 saturated heterocycles. The van der Waals surface area contributed by atoms with Crippen LogP contribution in [0.15, 0.2) is 24.3 Å². The number of amides is 1. The van der Waals surface area contributed by atoms with Gasteiger partial charge in [0.15, 0.2) is 11.6 Å². The number of anilines is 3. The number of benzene rings is 1. The Morgan fingerprint density at radius 3 is 2.77 bits per heavy atom. The van der Waals surface area contributed by atoms with Gasteiger partial charge in [0.2, 0.25) is 0 Å². The van der Waals surface area contributed by atoms with E-state index in [1.165, 1.54) is 0 Å². The lowest BCUT2D eigenvalue weighted by Crippen LogP contribution is -2.43. The zero-order valence-electron chi connectivity index (χ0n) is 20.3. The number of nitrogens with one attached hydrogen (secondary N) is 2. The minimum absolute atomic E-state index is 0.0225. The first-order valence-corrected chi connectivity index (χ1v) is 12.2. The van der Waals surface area contributed by atoms with E-state index in [-0.39, 0.29) is 29.3 Å². The Kier molecular flexibility index (Phi) is 7.82. The second-order valence-electron chi connectivity index (χ2n) is 9.05. The fourth-order valence-corrected chi connectivity index (χ4v) is 4.62. The van der Waals surface area contributed by atoms with Gasteiger partial charge in [0, 0.05) is 30.3 Å². The molecular weight excluding hydrogens is 449 g/mol. The van der Waals surface area contributed by atoms with Gasteiger partial charge in [-0.2, -0.15) is 5.10 Å². The van der Waals surface area contributed by atoms with Crippen molar-refractivity contribution >= 4 is 34.1 Å². The summed E-state index contributed by atoms with van der Waals surface area (Å²) in [7, 11) is 1.66. The average Bonchev–Trinajstić information content (AvgIpc) is 3.17. The maximum Gasteiger partial charge on any atom is 0.252 e. The van der Waals surface area contributed by atoms with Gasteiger partial charge in [0.05, 0.1) is 29.9 Å². The molecule has 1 aliphatic rings. The van der Waals surface area contributed by atoms with Gasteiger partial charge >= 0.3 is 0 Å². The number of rotatable bonds is 10. The van der Waals surface area contributed by atoms with Gasteiger partial charge in [0.1, 0.15) is 5.82 Å². The molecule has 9 nitrogen and oxygen atoms in total. The minimum atomic E-state index is -0.764. The molecule has 2 heterocycles. The van der Waals surface area contributed by atoms with Crippen molar-refractivity contribution in [1.29, 1.82) is 0 Å². The number of pyridine rings is 1. The molecule has 1 aliphatic carbocycles. The van der Waals surface area contributed by atoms with Gasteiger partial charge in [-0.1, -0.05) is 26.2 Å². The number of carbonyl (C=O) groups is 1. The molecule has 35 heavy (non-hydrogen) atoms. The molecule has 0 unspecified atom stereocenters. The molecule has 1 saturated carbocycles. The van der Waals surface area contributed by atoms with Crippen molar-refractivity contribution in [2.45, 2.75) is 64.1 Å². The fraction of sp³-hybridized carbons (Fsp3) is 0.480. The van der Waals surface area contributed by atoms with Crippen molar-refractivity contribution in [3.05, 3.63) is 41.3 Å². The molecule has 0 bridgehead atoms. The Morgan fingerprint density at radius 2 is 2.06 bits per heavy atom. The van der Waals surface area contributed by atoms with E-state index in [2.05, 4.69) is 22.5 Å². The largest absolute Gasteiger partial charge is 0.383 e. The second-order valence-corrected chi connectivity index (χ2v) is 9.05. The lowest BCUT2D eigenvalue weighted by atomic mass is 9.91. The summed E-state index contributed by atoms with van der Waals surface area (Å²) in [5.41, 5.74) is 14.4. The summed E-state index contributed by atoms with van der Waals surface area (Å²) in [5, 5.41) is 12.1. The first kappa shape index (κ1) is 24.9. The highest BCUT2D eigenvalue weighted by Gasteiger charge is 2.24. The predicted molar refractivity (Wildman–Crippen MR) is 135 cm³/mol. The number of hydrogen-bond acceptors (Lipinski definition) is 7. The molecule has 0 radical (unpaired) electrons. The van der Waals surface area contributed by atoms with E-state index in [0.717, 1.165) is 61.2 Å². The van der Waals surface area contributed by atoms with Crippen molar-refractivity contribution in [2.75, 3.05) is 24.4 Å². The average molecular weight is 484 g/mol. The molecular formula is C25H34FN7O2. The Balaban J connectivity index is 1.67. The number of hydrogen-bond donors (Lipinski definition) is 4. The number of ether oxygens (including phenoxy) is 1. The maximum atomic E-state index is 14.8. The van der Waals surface area contributed by atoms with Crippen molar-refractivity contribution in [3.63, 3.8) is 0 Å². The molecule has 2 aromatic heterocycles. The predicted octanol–water partition coefficient (Wildman–Crippen LogP) is 3.69. The first-order valence-electron chi connectivity index (χ1n) is 12.2. The summed E-state index contributed by atoms with van der Waals surface area (Å²) < 4.78 is 22.0. The van der Waals surface area contributed by atoms with Crippen LogP contribution in [0.3, 0.4) is 0 Å². The maximum absolute atomic E-state index is 14.8. The van der Waals surface area contributed by atoms with Crippen molar-refractivity contribution in [3.8, 4) is 0 Å². The van der Waals surface area contributed by atoms with Gasteiger partial charge < -0.3 is 26.8 Å². The lowest BCUT2D eigenvalue weighted by molar-refractivity contribution is 0.100. The van der Waals surface area contributed by atoms with Crippen LogP contribution < -0.4 is 22.1 Å². The number of halogens is 1. The molecule has 1 amide bonds. The van der Waals surface area contributed by atoms with Crippen LogP contribution >= 0.6 is 0 Å². The number of carbonyl (C=O) groups excluding carboxylic acids is 1. The minimum Gasteiger partial charge on any atom is -0.383 e. The standard InChI is InChI=1S/C25H34FN7O2/c1-3-6-20-16-13-15(9-10-22(16)33(32-20)11-12-35-2)29-24-17(23(28)34)14-18(26)25(31-24)30-21-8-5-4-7-19(21)27/h9-10,13-14,19,21H,3-8,11-12,27H2,1-2H3,(H2,28,34)(H2,29,30,31)/t19-,21+/m0/s1. The lowest BCUT2D eigenvalue weighted by Gasteiger charge is -2.30. The number of fused-ring (bicyclic) bond motifs is 1. The molecule has 10 heteroatoms. The third-order valence-corrected chi connectivity index (χ3v) is 6.47. The van der Waals surface area contributed by atoms with E-state index >= 15 is 0 Å². The van der Waals surface area contributed by atoms with Crippen LogP contribution in [-0.4, -0.2) is 46.5 Å². The first-order chi connectivity index (χ1) is 16.9. The summed E-state index contributed by atoms with van der Waals surface area (Å²) in [4.78, 5) is 16.5. The zero-order chi connectivity index (χ0) is 24.9. The van der Waals surface area contributed by atoms with Crippen LogP contribution in [0.25, 0.3) is 10.9 Å². The number of primary amides is 1. The Hall–Kier alpha value is -3.24. The van der Waals surface area contributed by atoms with Crippen LogP contribution in [0.5, 0.6) is 0 Å². The molecule has 3 aromatic rings. The summed E-state index contributed by atoms with van der Waals surface area (Å²) in [5.74, 6) is -1.16. The van der Waals surface area contributed by atoms with E-state index in [4.69, 9.17) is 21.3 Å². The van der Waals surface area contributed by atoms with Crippen LogP contribution in [0, 0.1) is 5.82 Å². The molecule has 1 aromatic carbocycles. The molecule has 2 atom stereocenters. The van der Waals surface area contributed by atoms with Crippen molar-refractivity contribution < 1.29 is 13.9 Å². The molecule has 1 fully saturated rings. The zero-order valence-corrected chi connectivity index (χ0v) is 20.3. The van der Waals surface area contributed by atoms with Crippen LogP contribution in [0.4, 0.5) is 21.7 Å². The Labute approximate surface area is 204 Å². The summed E-state index contributed by atoms with van der Waals surface area (Å²) >= 11 is 0. The van der Waals surface area contributed by atoms with E-state index in [1.807, 2.05) is 22.9 Å². The normalized spacial score (nSPS) is 18.1. The fourth-order valence-electron chi connectivity index (χ4n) is 4.62. The summed E-state index contributed by atoms with van der Waals surface area (Å²) in [6.07, 6.45) is 5.59. The smallest absolute Gasteiger partial charge is 0.252 e. The quantitative estimate of drug-likeness (QED) is 0.346. The van der Waals surface area contributed by atoms with Crippen LogP contribution in [0.2, 0.25) is 0 Å². The van der Waals surface area contributed by atoms with Gasteiger partial charge in [-0.05, 0) is 43.5 Å². The van der Waals surface area contributed by atoms with Crippen molar-refractivity contribution in [1.82, 2.24) is 14.8 Å². The Bertz CT molecular complexity index is 1200. The van der Waals surface area contributed by atoms with Crippen LogP contribution in [-0.2, 0) is 17.7 Å².